The Kier molecular flexibility index (Phi) is 4.50. The first-order valence-corrected chi connectivity index (χ1v) is 6.32. The molecule has 0 saturated carbocycles. The van der Waals surface area contributed by atoms with Gasteiger partial charge in [-0.3, -0.25) is 4.79 Å². The van der Waals surface area contributed by atoms with Crippen LogP contribution in [0.15, 0.2) is 24.3 Å². The monoisotopic (exact) mass is 259 g/mol. The van der Waals surface area contributed by atoms with Gasteiger partial charge in [0.25, 0.3) is 0 Å². The molecule has 1 aromatic carbocycles. The molecule has 1 aliphatic heterocycles. The fourth-order valence-corrected chi connectivity index (χ4v) is 1.98. The number of hydrogen-bond donors (Lipinski definition) is 2. The van der Waals surface area contributed by atoms with E-state index in [0.717, 1.165) is 5.56 Å². The Morgan fingerprint density at radius 1 is 1.53 bits per heavy atom. The molecule has 5 nitrogen and oxygen atoms in total. The van der Waals surface area contributed by atoms with Crippen molar-refractivity contribution in [3.8, 4) is 6.07 Å². The number of carbonyl (C=O) groups excluding carboxylic acids is 1. The van der Waals surface area contributed by atoms with E-state index in [2.05, 4.69) is 16.7 Å². The predicted octanol–water partition coefficient (Wildman–Crippen LogP) is 0.724. The Hall–Kier alpha value is -1.90. The number of morpholine rings is 1. The fraction of sp³-hybridized carbons (Fsp3) is 0.429. The van der Waals surface area contributed by atoms with E-state index in [-0.39, 0.29) is 18.0 Å². The van der Waals surface area contributed by atoms with Crippen LogP contribution in [0, 0.1) is 11.3 Å². The molecule has 0 radical (unpaired) electrons. The summed E-state index contributed by atoms with van der Waals surface area (Å²) >= 11 is 0. The summed E-state index contributed by atoms with van der Waals surface area (Å²) in [4.78, 5) is 12.0. The van der Waals surface area contributed by atoms with Crippen molar-refractivity contribution in [3.05, 3.63) is 35.4 Å². The molecule has 0 unspecified atom stereocenters. The SMILES string of the molecule is C[C@H](NC(=O)[C@H]1COCCN1)c1ccc(C#N)cc1. The molecule has 100 valence electrons. The van der Waals surface area contributed by atoms with Gasteiger partial charge in [0, 0.05) is 6.54 Å². The molecule has 1 saturated heterocycles. The molecule has 1 aliphatic rings. The van der Waals surface area contributed by atoms with Gasteiger partial charge in [0.1, 0.15) is 6.04 Å². The molecule has 2 atom stereocenters. The van der Waals surface area contributed by atoms with Gasteiger partial charge in [-0.2, -0.15) is 5.26 Å². The van der Waals surface area contributed by atoms with Gasteiger partial charge in [-0.25, -0.2) is 0 Å². The second-order valence-corrected chi connectivity index (χ2v) is 4.55. The number of benzene rings is 1. The van der Waals surface area contributed by atoms with Gasteiger partial charge >= 0.3 is 0 Å². The third-order valence-electron chi connectivity index (χ3n) is 3.14. The van der Waals surface area contributed by atoms with Gasteiger partial charge in [-0.1, -0.05) is 12.1 Å². The van der Waals surface area contributed by atoms with Gasteiger partial charge in [0.15, 0.2) is 0 Å². The third-order valence-corrected chi connectivity index (χ3v) is 3.14. The summed E-state index contributed by atoms with van der Waals surface area (Å²) in [6.45, 7) is 3.67. The Morgan fingerprint density at radius 2 is 2.26 bits per heavy atom. The minimum Gasteiger partial charge on any atom is -0.378 e. The number of nitrogens with zero attached hydrogens (tertiary/aromatic N) is 1. The lowest BCUT2D eigenvalue weighted by molar-refractivity contribution is -0.126. The van der Waals surface area contributed by atoms with Crippen LogP contribution in [0.1, 0.15) is 24.1 Å². The molecule has 2 rings (SSSR count). The smallest absolute Gasteiger partial charge is 0.240 e. The summed E-state index contributed by atoms with van der Waals surface area (Å²) in [7, 11) is 0. The summed E-state index contributed by atoms with van der Waals surface area (Å²) < 4.78 is 5.26. The van der Waals surface area contributed by atoms with Crippen molar-refractivity contribution in [2.75, 3.05) is 19.8 Å². The number of rotatable bonds is 3. The highest BCUT2D eigenvalue weighted by Gasteiger charge is 2.22. The maximum absolute atomic E-state index is 12.0. The molecule has 0 aromatic heterocycles. The number of carbonyl (C=O) groups is 1. The van der Waals surface area contributed by atoms with Crippen LogP contribution in [0.4, 0.5) is 0 Å². The molecular weight excluding hydrogens is 242 g/mol. The van der Waals surface area contributed by atoms with Crippen LogP contribution in [0.5, 0.6) is 0 Å². The molecule has 0 spiro atoms. The quantitative estimate of drug-likeness (QED) is 0.839. The molecule has 2 N–H and O–H groups in total. The average molecular weight is 259 g/mol. The van der Waals surface area contributed by atoms with Crippen molar-refractivity contribution in [3.63, 3.8) is 0 Å². The standard InChI is InChI=1S/C14H17N3O2/c1-10(12-4-2-11(8-15)3-5-12)17-14(18)13-9-19-7-6-16-13/h2-5,10,13,16H,6-7,9H2,1H3,(H,17,18)/t10-,13+/m0/s1. The third kappa shape index (κ3) is 3.53. The first-order chi connectivity index (χ1) is 9.20. The van der Waals surface area contributed by atoms with E-state index in [0.29, 0.717) is 25.3 Å². The first-order valence-electron chi connectivity index (χ1n) is 6.32. The minimum absolute atomic E-state index is 0.0587. The van der Waals surface area contributed by atoms with E-state index in [1.54, 1.807) is 12.1 Å². The van der Waals surface area contributed by atoms with Crippen molar-refractivity contribution in [2.24, 2.45) is 0 Å². The van der Waals surface area contributed by atoms with Crippen LogP contribution >= 0.6 is 0 Å². The lowest BCUT2D eigenvalue weighted by Gasteiger charge is -2.25. The number of nitriles is 1. The van der Waals surface area contributed by atoms with Crippen molar-refractivity contribution in [2.45, 2.75) is 19.0 Å². The second-order valence-electron chi connectivity index (χ2n) is 4.55. The van der Waals surface area contributed by atoms with Crippen LogP contribution in [0.25, 0.3) is 0 Å². The Labute approximate surface area is 112 Å². The number of nitrogens with one attached hydrogen (secondary N) is 2. The lowest BCUT2D eigenvalue weighted by atomic mass is 10.1. The summed E-state index contributed by atoms with van der Waals surface area (Å²) in [5.74, 6) is -0.0587. The Balaban J connectivity index is 1.93. The van der Waals surface area contributed by atoms with Gasteiger partial charge in [0.05, 0.1) is 30.9 Å². The van der Waals surface area contributed by atoms with Crippen LogP contribution in [0.3, 0.4) is 0 Å². The van der Waals surface area contributed by atoms with Crippen LogP contribution in [0.2, 0.25) is 0 Å². The van der Waals surface area contributed by atoms with E-state index in [1.807, 2.05) is 19.1 Å². The normalized spacial score (nSPS) is 20.3. The van der Waals surface area contributed by atoms with Crippen molar-refractivity contribution < 1.29 is 9.53 Å². The van der Waals surface area contributed by atoms with Crippen molar-refractivity contribution in [1.82, 2.24) is 10.6 Å². The fourth-order valence-electron chi connectivity index (χ4n) is 1.98. The molecule has 1 amide bonds. The summed E-state index contributed by atoms with van der Waals surface area (Å²) in [6, 6.07) is 8.91. The number of hydrogen-bond acceptors (Lipinski definition) is 4. The van der Waals surface area contributed by atoms with E-state index in [4.69, 9.17) is 10.00 Å². The van der Waals surface area contributed by atoms with Crippen LogP contribution in [-0.2, 0) is 9.53 Å². The zero-order chi connectivity index (χ0) is 13.7. The maximum atomic E-state index is 12.0. The van der Waals surface area contributed by atoms with E-state index < -0.39 is 0 Å². The highest BCUT2D eigenvalue weighted by molar-refractivity contribution is 5.82. The molecular formula is C14H17N3O2. The van der Waals surface area contributed by atoms with Gasteiger partial charge in [-0.15, -0.1) is 0 Å². The molecule has 1 aromatic rings. The number of ether oxygens (including phenoxy) is 1. The molecule has 5 heteroatoms. The summed E-state index contributed by atoms with van der Waals surface area (Å²) in [5.41, 5.74) is 1.59. The lowest BCUT2D eigenvalue weighted by Crippen LogP contribution is -2.51. The van der Waals surface area contributed by atoms with E-state index >= 15 is 0 Å². The van der Waals surface area contributed by atoms with Crippen molar-refractivity contribution in [1.29, 1.82) is 5.26 Å². The molecule has 0 aliphatic carbocycles. The maximum Gasteiger partial charge on any atom is 0.240 e. The van der Waals surface area contributed by atoms with E-state index in [1.165, 1.54) is 0 Å². The van der Waals surface area contributed by atoms with Crippen molar-refractivity contribution >= 4 is 5.91 Å². The van der Waals surface area contributed by atoms with Crippen LogP contribution in [-0.4, -0.2) is 31.7 Å². The minimum atomic E-state index is -0.283. The molecule has 0 bridgehead atoms. The largest absolute Gasteiger partial charge is 0.378 e. The molecule has 19 heavy (non-hydrogen) atoms. The van der Waals surface area contributed by atoms with Gasteiger partial charge < -0.3 is 15.4 Å². The Bertz CT molecular complexity index is 472. The first kappa shape index (κ1) is 13.5. The average Bonchev–Trinajstić information content (AvgIpc) is 2.48. The second kappa shape index (κ2) is 6.32. The van der Waals surface area contributed by atoms with Gasteiger partial charge in [-0.05, 0) is 24.6 Å². The van der Waals surface area contributed by atoms with E-state index in [9.17, 15) is 4.79 Å². The molecule has 1 heterocycles. The Morgan fingerprint density at radius 3 is 2.84 bits per heavy atom. The number of amides is 1. The summed E-state index contributed by atoms with van der Waals surface area (Å²) in [6.07, 6.45) is 0. The van der Waals surface area contributed by atoms with Crippen LogP contribution < -0.4 is 10.6 Å². The predicted molar refractivity (Wildman–Crippen MR) is 70.3 cm³/mol. The van der Waals surface area contributed by atoms with Gasteiger partial charge in [0.2, 0.25) is 5.91 Å². The topological polar surface area (TPSA) is 74.2 Å². The zero-order valence-corrected chi connectivity index (χ0v) is 10.8. The molecule has 1 fully saturated rings. The highest BCUT2D eigenvalue weighted by atomic mass is 16.5. The highest BCUT2D eigenvalue weighted by Crippen LogP contribution is 2.13. The summed E-state index contributed by atoms with van der Waals surface area (Å²) in [5, 5.41) is 14.8. The zero-order valence-electron chi connectivity index (χ0n) is 10.8.